The Balaban J connectivity index is 2.64. The van der Waals surface area contributed by atoms with Gasteiger partial charge in [0.15, 0.2) is 0 Å². The Labute approximate surface area is 116 Å². The van der Waals surface area contributed by atoms with Crippen LogP contribution in [0, 0.1) is 0 Å². The van der Waals surface area contributed by atoms with Crippen molar-refractivity contribution < 1.29 is 22.7 Å². The van der Waals surface area contributed by atoms with Crippen LogP contribution in [0.15, 0.2) is 0 Å². The Bertz CT molecular complexity index is 318. The second-order valence-corrected chi connectivity index (χ2v) is 4.78. The molecule has 1 saturated heterocycles. The number of halogens is 3. The molecule has 0 aromatic carbocycles. The zero-order chi connectivity index (χ0) is 15.3. The minimum atomic E-state index is -4.36. The van der Waals surface area contributed by atoms with Gasteiger partial charge in [-0.1, -0.05) is 6.92 Å². The maximum Gasteiger partial charge on any atom is 0.409 e. The number of amides is 1. The first-order valence-electron chi connectivity index (χ1n) is 6.79. The summed E-state index contributed by atoms with van der Waals surface area (Å²) in [6.45, 7) is 4.33. The molecule has 118 valence electrons. The summed E-state index contributed by atoms with van der Waals surface area (Å²) in [4.78, 5) is 14.2. The van der Waals surface area contributed by atoms with Crippen LogP contribution in [-0.4, -0.2) is 66.9 Å². The van der Waals surface area contributed by atoms with Gasteiger partial charge in [-0.2, -0.15) is 13.2 Å². The highest BCUT2D eigenvalue weighted by Crippen LogP contribution is 2.28. The van der Waals surface area contributed by atoms with Crippen molar-refractivity contribution in [2.45, 2.75) is 38.5 Å². The van der Waals surface area contributed by atoms with E-state index in [0.29, 0.717) is 0 Å². The van der Waals surface area contributed by atoms with Gasteiger partial charge in [-0.05, 0) is 13.3 Å². The molecule has 0 aromatic heterocycles. The number of carbonyl (C=O) groups excluding carboxylic acids is 1. The molecule has 2 atom stereocenters. The maximum atomic E-state index is 13.1. The maximum absolute atomic E-state index is 13.1. The van der Waals surface area contributed by atoms with Gasteiger partial charge in [0.05, 0.1) is 6.61 Å². The molecule has 0 bridgehead atoms. The number of alkyl halides is 3. The summed E-state index contributed by atoms with van der Waals surface area (Å²) < 4.78 is 44.1. The van der Waals surface area contributed by atoms with Gasteiger partial charge in [-0.15, -0.1) is 0 Å². The molecule has 0 radical (unpaired) electrons. The van der Waals surface area contributed by atoms with Crippen molar-refractivity contribution in [1.82, 2.24) is 9.80 Å². The highest BCUT2D eigenvalue weighted by atomic mass is 19.4. The van der Waals surface area contributed by atoms with Gasteiger partial charge in [0.1, 0.15) is 6.04 Å². The van der Waals surface area contributed by atoms with Gasteiger partial charge in [0.2, 0.25) is 0 Å². The summed E-state index contributed by atoms with van der Waals surface area (Å²) in [5.74, 6) is 0. The second-order valence-electron chi connectivity index (χ2n) is 4.78. The molecule has 1 aliphatic heterocycles. The lowest BCUT2D eigenvalue weighted by Crippen LogP contribution is -2.61. The molecule has 2 N–H and O–H groups in total. The van der Waals surface area contributed by atoms with Gasteiger partial charge >= 0.3 is 12.3 Å². The van der Waals surface area contributed by atoms with E-state index in [1.165, 1.54) is 9.80 Å². The standard InChI is InChI=1S/C12H22F3N3O2/c1-3-9(16)10(12(13,14)15)17-5-7-18(8-6-17)11(19)20-4-2/h9-10H,3-8,16H2,1-2H3. The van der Waals surface area contributed by atoms with Crippen molar-refractivity contribution in [1.29, 1.82) is 0 Å². The van der Waals surface area contributed by atoms with Gasteiger partial charge in [-0.3, -0.25) is 4.90 Å². The van der Waals surface area contributed by atoms with E-state index in [2.05, 4.69) is 0 Å². The number of nitrogens with zero attached hydrogens (tertiary/aromatic N) is 2. The van der Waals surface area contributed by atoms with E-state index in [-0.39, 0.29) is 39.2 Å². The molecule has 0 aliphatic carbocycles. The molecule has 1 heterocycles. The third-order valence-corrected chi connectivity index (χ3v) is 3.45. The van der Waals surface area contributed by atoms with Gasteiger partial charge in [0, 0.05) is 32.2 Å². The van der Waals surface area contributed by atoms with E-state index < -0.39 is 24.4 Å². The minimum absolute atomic E-state index is 0.149. The fourth-order valence-electron chi connectivity index (χ4n) is 2.34. The van der Waals surface area contributed by atoms with Crippen LogP contribution in [0.1, 0.15) is 20.3 Å². The molecule has 20 heavy (non-hydrogen) atoms. The van der Waals surface area contributed by atoms with Crippen LogP contribution in [0.2, 0.25) is 0 Å². The summed E-state index contributed by atoms with van der Waals surface area (Å²) in [6, 6.07) is -2.61. The van der Waals surface area contributed by atoms with E-state index in [4.69, 9.17) is 10.5 Å². The third-order valence-electron chi connectivity index (χ3n) is 3.45. The summed E-state index contributed by atoms with van der Waals surface area (Å²) in [5.41, 5.74) is 5.61. The Hall–Kier alpha value is -1.02. The highest BCUT2D eigenvalue weighted by Gasteiger charge is 2.47. The number of piperazine rings is 1. The monoisotopic (exact) mass is 297 g/mol. The lowest BCUT2D eigenvalue weighted by atomic mass is 10.0. The summed E-state index contributed by atoms with van der Waals surface area (Å²) >= 11 is 0. The first-order valence-corrected chi connectivity index (χ1v) is 6.79. The number of hydrogen-bond donors (Lipinski definition) is 1. The van der Waals surface area contributed by atoms with Gasteiger partial charge < -0.3 is 15.4 Å². The van der Waals surface area contributed by atoms with Crippen molar-refractivity contribution >= 4 is 6.09 Å². The molecule has 5 nitrogen and oxygen atoms in total. The number of rotatable bonds is 4. The van der Waals surface area contributed by atoms with E-state index >= 15 is 0 Å². The van der Waals surface area contributed by atoms with Crippen LogP contribution in [0.5, 0.6) is 0 Å². The summed E-state index contributed by atoms with van der Waals surface area (Å²) in [5, 5.41) is 0. The van der Waals surface area contributed by atoms with Gasteiger partial charge in [0.25, 0.3) is 0 Å². The quantitative estimate of drug-likeness (QED) is 0.853. The SMILES string of the molecule is CCOC(=O)N1CCN(C(C(N)CC)C(F)(F)F)CC1. The van der Waals surface area contributed by atoms with Crippen LogP contribution >= 0.6 is 0 Å². The van der Waals surface area contributed by atoms with Crippen LogP contribution in [0.25, 0.3) is 0 Å². The van der Waals surface area contributed by atoms with Crippen LogP contribution in [-0.2, 0) is 4.74 Å². The predicted molar refractivity (Wildman–Crippen MR) is 68.3 cm³/mol. The lowest BCUT2D eigenvalue weighted by molar-refractivity contribution is -0.192. The molecule has 0 aromatic rings. The van der Waals surface area contributed by atoms with Crippen molar-refractivity contribution in [2.24, 2.45) is 5.73 Å². The van der Waals surface area contributed by atoms with Gasteiger partial charge in [-0.25, -0.2) is 4.79 Å². The summed E-state index contributed by atoms with van der Waals surface area (Å²) in [6.07, 6.45) is -4.58. The molecule has 0 spiro atoms. The zero-order valence-electron chi connectivity index (χ0n) is 11.8. The molecule has 1 amide bonds. The first kappa shape index (κ1) is 17.0. The average molecular weight is 297 g/mol. The first-order chi connectivity index (χ1) is 9.31. The molecule has 0 saturated carbocycles. The molecule has 1 fully saturated rings. The largest absolute Gasteiger partial charge is 0.450 e. The molecular formula is C12H22F3N3O2. The topological polar surface area (TPSA) is 58.8 Å². The van der Waals surface area contributed by atoms with Crippen LogP contribution in [0.4, 0.5) is 18.0 Å². The Morgan fingerprint density at radius 3 is 2.20 bits per heavy atom. The molecule has 1 rings (SSSR count). The van der Waals surface area contributed by atoms with Crippen molar-refractivity contribution in [3.05, 3.63) is 0 Å². The predicted octanol–water partition coefficient (Wildman–Crippen LogP) is 1.43. The molecule has 1 aliphatic rings. The van der Waals surface area contributed by atoms with E-state index in [9.17, 15) is 18.0 Å². The fourth-order valence-corrected chi connectivity index (χ4v) is 2.34. The highest BCUT2D eigenvalue weighted by molar-refractivity contribution is 5.67. The van der Waals surface area contributed by atoms with E-state index in [1.807, 2.05) is 0 Å². The van der Waals surface area contributed by atoms with E-state index in [1.54, 1.807) is 13.8 Å². The lowest BCUT2D eigenvalue weighted by Gasteiger charge is -2.41. The third kappa shape index (κ3) is 4.24. The average Bonchev–Trinajstić information content (AvgIpc) is 2.38. The Morgan fingerprint density at radius 2 is 1.80 bits per heavy atom. The van der Waals surface area contributed by atoms with Crippen molar-refractivity contribution in [2.75, 3.05) is 32.8 Å². The summed E-state index contributed by atoms with van der Waals surface area (Å²) in [7, 11) is 0. The number of ether oxygens (including phenoxy) is 1. The molecule has 2 unspecified atom stereocenters. The smallest absolute Gasteiger partial charge is 0.409 e. The number of carbonyl (C=O) groups is 1. The minimum Gasteiger partial charge on any atom is -0.450 e. The van der Waals surface area contributed by atoms with Crippen LogP contribution in [0.3, 0.4) is 0 Å². The molecule has 8 heteroatoms. The van der Waals surface area contributed by atoms with Crippen molar-refractivity contribution in [3.8, 4) is 0 Å². The Kier molecular flexibility index (Phi) is 6.07. The van der Waals surface area contributed by atoms with E-state index in [0.717, 1.165) is 0 Å². The van der Waals surface area contributed by atoms with Crippen LogP contribution < -0.4 is 5.73 Å². The van der Waals surface area contributed by atoms with Crippen molar-refractivity contribution in [3.63, 3.8) is 0 Å². The number of nitrogens with two attached hydrogens (primary N) is 1. The Morgan fingerprint density at radius 1 is 1.25 bits per heavy atom. The normalized spacial score (nSPS) is 20.6. The number of hydrogen-bond acceptors (Lipinski definition) is 4. The molecular weight excluding hydrogens is 275 g/mol. The second kappa shape index (κ2) is 7.12. The zero-order valence-corrected chi connectivity index (χ0v) is 11.8. The fraction of sp³-hybridized carbons (Fsp3) is 0.917.